The van der Waals surface area contributed by atoms with Crippen LogP contribution in [0.15, 0.2) is 24.3 Å². The third-order valence-electron chi connectivity index (χ3n) is 4.43. The lowest BCUT2D eigenvalue weighted by Gasteiger charge is -2.33. The highest BCUT2D eigenvalue weighted by atomic mass is 19.1. The fourth-order valence-electron chi connectivity index (χ4n) is 2.92. The number of anilines is 1. The Kier molecular flexibility index (Phi) is 6.54. The van der Waals surface area contributed by atoms with Crippen molar-refractivity contribution >= 4 is 23.6 Å². The van der Waals surface area contributed by atoms with Gasteiger partial charge in [-0.2, -0.15) is 0 Å². The van der Waals surface area contributed by atoms with Crippen LogP contribution in [0.1, 0.15) is 26.7 Å². The number of likely N-dealkylation sites (tertiary alicyclic amines) is 1. The lowest BCUT2D eigenvalue weighted by Crippen LogP contribution is -2.51. The minimum absolute atomic E-state index is 0.0785. The minimum Gasteiger partial charge on any atom is -0.480 e. The van der Waals surface area contributed by atoms with Crippen LogP contribution in [-0.4, -0.2) is 47.0 Å². The van der Waals surface area contributed by atoms with Crippen LogP contribution in [0.4, 0.5) is 14.9 Å². The molecule has 1 unspecified atom stereocenters. The summed E-state index contributed by atoms with van der Waals surface area (Å²) in [5.41, 5.74) is 0.0785. The predicted molar refractivity (Wildman–Crippen MR) is 94.1 cm³/mol. The number of urea groups is 1. The number of carboxylic acids is 1. The summed E-state index contributed by atoms with van der Waals surface area (Å²) in [5, 5.41) is 14.2. The molecule has 0 aromatic heterocycles. The standard InChI is InChI=1S/C18H24FN3O4/c1-11(2)15(17(24)25)21-16(23)12-6-5-9-22(10-12)18(26)20-14-8-4-3-7-13(14)19/h3-4,7-8,11-12,15H,5-6,9-10H2,1-2H3,(H,20,26)(H,21,23)(H,24,25)/t12?,15-/m0/s1. The van der Waals surface area contributed by atoms with Gasteiger partial charge in [-0.15, -0.1) is 0 Å². The second-order valence-corrected chi connectivity index (χ2v) is 6.76. The Morgan fingerprint density at radius 1 is 1.27 bits per heavy atom. The van der Waals surface area contributed by atoms with Crippen molar-refractivity contribution in [1.29, 1.82) is 0 Å². The van der Waals surface area contributed by atoms with Gasteiger partial charge in [-0.3, -0.25) is 4.79 Å². The van der Waals surface area contributed by atoms with E-state index in [-0.39, 0.29) is 24.1 Å². The molecule has 0 aliphatic carbocycles. The molecule has 0 spiro atoms. The number of nitrogens with one attached hydrogen (secondary N) is 2. The van der Waals surface area contributed by atoms with Crippen LogP contribution in [0.3, 0.4) is 0 Å². The fourth-order valence-corrected chi connectivity index (χ4v) is 2.92. The van der Waals surface area contributed by atoms with Crippen molar-refractivity contribution in [1.82, 2.24) is 10.2 Å². The number of rotatable bonds is 5. The quantitative estimate of drug-likeness (QED) is 0.745. The van der Waals surface area contributed by atoms with Crippen molar-refractivity contribution in [3.05, 3.63) is 30.1 Å². The maximum absolute atomic E-state index is 13.7. The lowest BCUT2D eigenvalue weighted by molar-refractivity contribution is -0.144. The van der Waals surface area contributed by atoms with Gasteiger partial charge in [-0.1, -0.05) is 26.0 Å². The Labute approximate surface area is 151 Å². The summed E-state index contributed by atoms with van der Waals surface area (Å²) >= 11 is 0. The van der Waals surface area contributed by atoms with E-state index in [2.05, 4.69) is 10.6 Å². The van der Waals surface area contributed by atoms with Gasteiger partial charge in [0.05, 0.1) is 11.6 Å². The lowest BCUT2D eigenvalue weighted by atomic mass is 9.96. The molecule has 1 aromatic carbocycles. The highest BCUT2D eigenvalue weighted by molar-refractivity contribution is 5.90. The summed E-state index contributed by atoms with van der Waals surface area (Å²) in [6.45, 7) is 4.05. The van der Waals surface area contributed by atoms with E-state index < -0.39 is 29.8 Å². The van der Waals surface area contributed by atoms with E-state index in [1.54, 1.807) is 19.9 Å². The van der Waals surface area contributed by atoms with Crippen LogP contribution in [0.2, 0.25) is 0 Å². The van der Waals surface area contributed by atoms with Crippen LogP contribution in [0.25, 0.3) is 0 Å². The second kappa shape index (κ2) is 8.64. The van der Waals surface area contributed by atoms with Crippen LogP contribution in [-0.2, 0) is 9.59 Å². The highest BCUT2D eigenvalue weighted by Gasteiger charge is 2.32. The summed E-state index contributed by atoms with van der Waals surface area (Å²) in [6, 6.07) is 4.40. The molecule has 3 N–H and O–H groups in total. The highest BCUT2D eigenvalue weighted by Crippen LogP contribution is 2.20. The van der Waals surface area contributed by atoms with E-state index >= 15 is 0 Å². The van der Waals surface area contributed by atoms with Crippen molar-refractivity contribution in [3.63, 3.8) is 0 Å². The van der Waals surface area contributed by atoms with E-state index in [9.17, 15) is 23.9 Å². The van der Waals surface area contributed by atoms with Gasteiger partial charge in [-0.05, 0) is 30.9 Å². The summed E-state index contributed by atoms with van der Waals surface area (Å²) in [5.74, 6) is -2.74. The third-order valence-corrected chi connectivity index (χ3v) is 4.43. The molecule has 7 nitrogen and oxygen atoms in total. The number of hydrogen-bond acceptors (Lipinski definition) is 3. The Morgan fingerprint density at radius 3 is 2.58 bits per heavy atom. The number of para-hydroxylation sites is 1. The number of aliphatic carboxylic acids is 1. The fraction of sp³-hybridized carbons (Fsp3) is 0.500. The zero-order valence-electron chi connectivity index (χ0n) is 14.9. The first kappa shape index (κ1) is 19.7. The minimum atomic E-state index is -1.08. The zero-order valence-corrected chi connectivity index (χ0v) is 14.9. The van der Waals surface area contributed by atoms with Crippen LogP contribution >= 0.6 is 0 Å². The largest absolute Gasteiger partial charge is 0.480 e. The molecule has 1 fully saturated rings. The van der Waals surface area contributed by atoms with E-state index in [1.807, 2.05) is 0 Å². The Morgan fingerprint density at radius 2 is 1.96 bits per heavy atom. The molecule has 142 valence electrons. The predicted octanol–water partition coefficient (Wildman–Crippen LogP) is 2.29. The van der Waals surface area contributed by atoms with Gasteiger partial charge in [0.2, 0.25) is 5.91 Å². The van der Waals surface area contributed by atoms with Gasteiger partial charge in [0, 0.05) is 13.1 Å². The van der Waals surface area contributed by atoms with Crippen molar-refractivity contribution in [2.75, 3.05) is 18.4 Å². The molecule has 1 heterocycles. The van der Waals surface area contributed by atoms with E-state index in [0.29, 0.717) is 19.4 Å². The number of carbonyl (C=O) groups is 3. The average Bonchev–Trinajstić information content (AvgIpc) is 2.60. The Balaban J connectivity index is 1.97. The first-order valence-electron chi connectivity index (χ1n) is 8.63. The summed E-state index contributed by atoms with van der Waals surface area (Å²) in [6.07, 6.45) is 1.18. The van der Waals surface area contributed by atoms with Gasteiger partial charge < -0.3 is 20.6 Å². The van der Waals surface area contributed by atoms with E-state index in [4.69, 9.17) is 0 Å². The number of carbonyl (C=O) groups excluding carboxylic acids is 2. The maximum atomic E-state index is 13.7. The molecular weight excluding hydrogens is 341 g/mol. The molecule has 1 aromatic rings. The molecule has 0 bridgehead atoms. The number of nitrogens with zero attached hydrogens (tertiary/aromatic N) is 1. The number of halogens is 1. The number of hydrogen-bond donors (Lipinski definition) is 3. The first-order chi connectivity index (χ1) is 12.3. The van der Waals surface area contributed by atoms with Crippen molar-refractivity contribution < 1.29 is 23.9 Å². The molecule has 3 amide bonds. The molecule has 0 radical (unpaired) electrons. The Bertz CT molecular complexity index is 680. The number of carboxylic acid groups (broad SMARTS) is 1. The SMILES string of the molecule is CC(C)[C@H](NC(=O)C1CCCN(C(=O)Nc2ccccc2F)C1)C(=O)O. The molecule has 2 rings (SSSR count). The zero-order chi connectivity index (χ0) is 19.3. The molecular formula is C18H24FN3O4. The summed E-state index contributed by atoms with van der Waals surface area (Å²) in [4.78, 5) is 37.4. The van der Waals surface area contributed by atoms with E-state index in [0.717, 1.165) is 0 Å². The molecule has 8 heteroatoms. The maximum Gasteiger partial charge on any atom is 0.326 e. The summed E-state index contributed by atoms with van der Waals surface area (Å²) in [7, 11) is 0. The number of amides is 3. The Hall–Kier alpha value is -2.64. The van der Waals surface area contributed by atoms with Crippen molar-refractivity contribution in [2.24, 2.45) is 11.8 Å². The van der Waals surface area contributed by atoms with Crippen LogP contribution in [0, 0.1) is 17.7 Å². The van der Waals surface area contributed by atoms with Crippen molar-refractivity contribution in [3.8, 4) is 0 Å². The first-order valence-corrected chi connectivity index (χ1v) is 8.63. The molecule has 0 saturated carbocycles. The normalized spacial score (nSPS) is 18.3. The van der Waals surface area contributed by atoms with E-state index in [1.165, 1.54) is 23.1 Å². The average molecular weight is 365 g/mol. The molecule has 26 heavy (non-hydrogen) atoms. The molecule has 1 saturated heterocycles. The smallest absolute Gasteiger partial charge is 0.326 e. The van der Waals surface area contributed by atoms with Gasteiger partial charge in [0.1, 0.15) is 11.9 Å². The van der Waals surface area contributed by atoms with Crippen LogP contribution in [0.5, 0.6) is 0 Å². The van der Waals surface area contributed by atoms with Crippen molar-refractivity contribution in [2.45, 2.75) is 32.7 Å². The number of benzene rings is 1. The molecule has 2 atom stereocenters. The molecule has 1 aliphatic rings. The van der Waals surface area contributed by atoms with Gasteiger partial charge in [0.25, 0.3) is 0 Å². The number of piperidine rings is 1. The summed E-state index contributed by atoms with van der Waals surface area (Å²) < 4.78 is 13.7. The monoisotopic (exact) mass is 365 g/mol. The van der Waals surface area contributed by atoms with Gasteiger partial charge in [0.15, 0.2) is 0 Å². The third kappa shape index (κ3) is 4.93. The molecule has 1 aliphatic heterocycles. The second-order valence-electron chi connectivity index (χ2n) is 6.76. The van der Waals surface area contributed by atoms with Gasteiger partial charge in [-0.25, -0.2) is 14.0 Å². The van der Waals surface area contributed by atoms with Gasteiger partial charge >= 0.3 is 12.0 Å². The van der Waals surface area contributed by atoms with Crippen LogP contribution < -0.4 is 10.6 Å². The topological polar surface area (TPSA) is 98.7 Å².